The minimum absolute atomic E-state index is 0.293. The molecule has 3 aromatic heterocycles. The molecule has 3 aromatic rings. The molecule has 0 aliphatic rings. The predicted octanol–water partition coefficient (Wildman–Crippen LogP) is 2.49. The second kappa shape index (κ2) is 6.98. The van der Waals surface area contributed by atoms with Gasteiger partial charge in [0.25, 0.3) is 11.7 Å². The largest absolute Gasteiger partial charge is 0.465 e. The van der Waals surface area contributed by atoms with E-state index < -0.39 is 11.9 Å². The maximum atomic E-state index is 12.7. The highest BCUT2D eigenvalue weighted by atomic mass is 32.1. The van der Waals surface area contributed by atoms with Gasteiger partial charge in [0.2, 0.25) is 0 Å². The Balaban J connectivity index is 1.97. The van der Waals surface area contributed by atoms with Crippen LogP contribution >= 0.6 is 11.3 Å². The first-order valence-corrected chi connectivity index (χ1v) is 8.55. The number of carbonyl (C=O) groups is 2. The molecule has 1 amide bonds. The fourth-order valence-electron chi connectivity index (χ4n) is 2.43. The van der Waals surface area contributed by atoms with Crippen molar-refractivity contribution in [2.75, 3.05) is 12.4 Å². The molecule has 8 nitrogen and oxygen atoms in total. The first-order chi connectivity index (χ1) is 12.0. The summed E-state index contributed by atoms with van der Waals surface area (Å²) in [6.07, 6.45) is 3.10. The van der Waals surface area contributed by atoms with Gasteiger partial charge in [-0.1, -0.05) is 13.3 Å². The molecule has 0 saturated carbocycles. The average molecular weight is 359 g/mol. The number of ether oxygens (including phenoxy) is 1. The molecule has 0 aliphatic heterocycles. The zero-order valence-corrected chi connectivity index (χ0v) is 14.9. The number of hydrogen-bond acceptors (Lipinski definition) is 7. The molecule has 3 rings (SSSR count). The highest BCUT2D eigenvalue weighted by Crippen LogP contribution is 2.30. The lowest BCUT2D eigenvalue weighted by Gasteiger charge is -2.07. The van der Waals surface area contributed by atoms with Crippen molar-refractivity contribution < 1.29 is 14.3 Å². The van der Waals surface area contributed by atoms with Gasteiger partial charge in [0, 0.05) is 10.6 Å². The lowest BCUT2D eigenvalue weighted by molar-refractivity contribution is 0.0602. The normalized spacial score (nSPS) is 10.8. The molecular weight excluding hydrogens is 342 g/mol. The van der Waals surface area contributed by atoms with Crippen molar-refractivity contribution in [1.82, 2.24) is 19.6 Å². The maximum absolute atomic E-state index is 12.7. The average Bonchev–Trinajstić information content (AvgIpc) is 3.20. The number of esters is 1. The van der Waals surface area contributed by atoms with Crippen LogP contribution < -0.4 is 5.32 Å². The van der Waals surface area contributed by atoms with E-state index in [4.69, 9.17) is 4.74 Å². The summed E-state index contributed by atoms with van der Waals surface area (Å²) < 4.78 is 6.17. The van der Waals surface area contributed by atoms with Gasteiger partial charge in [-0.25, -0.2) is 9.78 Å². The van der Waals surface area contributed by atoms with Crippen molar-refractivity contribution in [2.45, 2.75) is 26.7 Å². The molecule has 0 aliphatic carbocycles. The van der Waals surface area contributed by atoms with Gasteiger partial charge in [0.1, 0.15) is 17.0 Å². The summed E-state index contributed by atoms with van der Waals surface area (Å²) in [6.45, 7) is 3.83. The lowest BCUT2D eigenvalue weighted by atomic mass is 10.2. The summed E-state index contributed by atoms with van der Waals surface area (Å²) in [5.41, 5.74) is 1.29. The van der Waals surface area contributed by atoms with Crippen molar-refractivity contribution in [3.05, 3.63) is 40.3 Å². The van der Waals surface area contributed by atoms with Gasteiger partial charge in [-0.3, -0.25) is 4.79 Å². The van der Waals surface area contributed by atoms with Crippen LogP contribution in [-0.2, 0) is 11.2 Å². The van der Waals surface area contributed by atoms with E-state index in [9.17, 15) is 9.59 Å². The number of nitrogens with zero attached hydrogens (tertiary/aromatic N) is 4. The molecule has 3 heterocycles. The van der Waals surface area contributed by atoms with Crippen LogP contribution in [0.1, 0.15) is 44.8 Å². The fourth-order valence-corrected chi connectivity index (χ4v) is 3.57. The van der Waals surface area contributed by atoms with Crippen LogP contribution in [0, 0.1) is 6.92 Å². The van der Waals surface area contributed by atoms with E-state index in [1.54, 1.807) is 19.1 Å². The summed E-state index contributed by atoms with van der Waals surface area (Å²) in [4.78, 5) is 34.0. The van der Waals surface area contributed by atoms with Crippen molar-refractivity contribution in [3.63, 3.8) is 0 Å². The van der Waals surface area contributed by atoms with Gasteiger partial charge in [-0.15, -0.1) is 11.3 Å². The third-order valence-corrected chi connectivity index (χ3v) is 4.63. The molecule has 0 spiro atoms. The number of amides is 1. The fraction of sp³-hybridized carbons (Fsp3) is 0.312. The van der Waals surface area contributed by atoms with Gasteiger partial charge in [0.15, 0.2) is 0 Å². The third-order valence-electron chi connectivity index (χ3n) is 3.52. The van der Waals surface area contributed by atoms with E-state index in [2.05, 4.69) is 27.3 Å². The number of nitrogens with one attached hydrogen (secondary N) is 1. The zero-order chi connectivity index (χ0) is 18.0. The molecule has 25 heavy (non-hydrogen) atoms. The van der Waals surface area contributed by atoms with Crippen molar-refractivity contribution >= 4 is 34.0 Å². The molecule has 0 unspecified atom stereocenters. The smallest absolute Gasteiger partial charge is 0.340 e. The topological polar surface area (TPSA) is 98.5 Å². The first-order valence-electron chi connectivity index (χ1n) is 7.73. The Kier molecular flexibility index (Phi) is 4.75. The molecule has 1 N–H and O–H groups in total. The van der Waals surface area contributed by atoms with Crippen LogP contribution in [0.5, 0.6) is 0 Å². The highest BCUT2D eigenvalue weighted by molar-refractivity contribution is 7.16. The maximum Gasteiger partial charge on any atom is 0.340 e. The molecule has 0 saturated heterocycles. The Morgan fingerprint density at radius 3 is 2.88 bits per heavy atom. The second-order valence-electron chi connectivity index (χ2n) is 5.41. The molecule has 0 fully saturated rings. The minimum atomic E-state index is -0.481. The molecule has 9 heteroatoms. The number of carbonyl (C=O) groups excluding carboxylic acids is 2. The van der Waals surface area contributed by atoms with E-state index in [1.807, 2.05) is 0 Å². The summed E-state index contributed by atoms with van der Waals surface area (Å²) in [5.74, 6) is -0.530. The van der Waals surface area contributed by atoms with Crippen molar-refractivity contribution in [1.29, 1.82) is 0 Å². The molecular formula is C16H17N5O3S. The number of thiophene rings is 1. The number of fused-ring (bicyclic) bond motifs is 1. The van der Waals surface area contributed by atoms with Gasteiger partial charge < -0.3 is 10.1 Å². The number of aryl methyl sites for hydroxylation is 2. The van der Waals surface area contributed by atoms with Crippen LogP contribution in [0.15, 0.2) is 18.5 Å². The minimum Gasteiger partial charge on any atom is -0.465 e. The zero-order valence-electron chi connectivity index (χ0n) is 14.1. The number of rotatable bonds is 5. The third kappa shape index (κ3) is 3.36. The molecule has 130 valence electrons. The van der Waals surface area contributed by atoms with Gasteiger partial charge in [0.05, 0.1) is 12.7 Å². The van der Waals surface area contributed by atoms with Crippen molar-refractivity contribution in [2.24, 2.45) is 0 Å². The summed E-state index contributed by atoms with van der Waals surface area (Å²) in [5, 5.41) is 7.28. The highest BCUT2D eigenvalue weighted by Gasteiger charge is 2.21. The SMILES string of the molecule is CCCc1cc(C(=O)OC)c(NC(=O)c2cc(C)nc3ncnn23)s1. The van der Waals surface area contributed by atoms with E-state index in [0.29, 0.717) is 27.7 Å². The number of methoxy groups -OCH3 is 1. The van der Waals surface area contributed by atoms with Crippen LogP contribution in [0.2, 0.25) is 0 Å². The second-order valence-corrected chi connectivity index (χ2v) is 6.54. The molecule has 0 atom stereocenters. The Hall–Kier alpha value is -2.81. The number of anilines is 1. The molecule has 0 bridgehead atoms. The van der Waals surface area contributed by atoms with E-state index in [-0.39, 0.29) is 0 Å². The molecule has 0 aromatic carbocycles. The Labute approximate surface area is 147 Å². The monoisotopic (exact) mass is 359 g/mol. The van der Waals surface area contributed by atoms with Gasteiger partial charge in [-0.05, 0) is 25.5 Å². The van der Waals surface area contributed by atoms with E-state index >= 15 is 0 Å². The summed E-state index contributed by atoms with van der Waals surface area (Å²) >= 11 is 1.37. The standard InChI is InChI=1S/C16H17N5O3S/c1-4-5-10-7-11(15(23)24-3)14(25-10)20-13(22)12-6-9(2)19-16-17-8-18-21(12)16/h6-8H,4-5H2,1-3H3,(H,20,22). The van der Waals surface area contributed by atoms with Gasteiger partial charge >= 0.3 is 5.97 Å². The Morgan fingerprint density at radius 1 is 1.36 bits per heavy atom. The Bertz CT molecular complexity index is 947. The number of aromatic nitrogens is 4. The van der Waals surface area contributed by atoms with Crippen molar-refractivity contribution in [3.8, 4) is 0 Å². The number of hydrogen-bond donors (Lipinski definition) is 1. The van der Waals surface area contributed by atoms with E-state index in [1.165, 1.54) is 29.3 Å². The predicted molar refractivity (Wildman–Crippen MR) is 93.1 cm³/mol. The summed E-state index contributed by atoms with van der Waals surface area (Å²) in [7, 11) is 1.32. The van der Waals surface area contributed by atoms with Crippen LogP contribution in [-0.4, -0.2) is 38.6 Å². The molecule has 0 radical (unpaired) electrons. The first kappa shape index (κ1) is 17.0. The quantitative estimate of drug-likeness (QED) is 0.703. The van der Waals surface area contributed by atoms with Crippen LogP contribution in [0.25, 0.3) is 5.78 Å². The van der Waals surface area contributed by atoms with Gasteiger partial charge in [-0.2, -0.15) is 14.6 Å². The Morgan fingerprint density at radius 2 is 2.16 bits per heavy atom. The summed E-state index contributed by atoms with van der Waals surface area (Å²) in [6, 6.07) is 3.38. The van der Waals surface area contributed by atoms with Crippen LogP contribution in [0.4, 0.5) is 5.00 Å². The van der Waals surface area contributed by atoms with Crippen LogP contribution in [0.3, 0.4) is 0 Å². The van der Waals surface area contributed by atoms with E-state index in [0.717, 1.165) is 17.7 Å². The lowest BCUT2D eigenvalue weighted by Crippen LogP contribution is -2.18.